The molecule has 12 heteroatoms. The zero-order valence-electron chi connectivity index (χ0n) is 17.8. The number of nitrogens with one attached hydrogen (secondary N) is 1. The number of likely N-dealkylation sites (N-methyl/N-ethyl adjacent to an activating group) is 1. The Balaban J connectivity index is 0.000000311. The molecule has 0 saturated carbocycles. The van der Waals surface area contributed by atoms with Gasteiger partial charge in [-0.05, 0) is 18.9 Å². The highest BCUT2D eigenvalue weighted by atomic mass is 31.2. The maximum atomic E-state index is 10.8. The summed E-state index contributed by atoms with van der Waals surface area (Å²) in [5.74, 6) is 0.290. The standard InChI is InChI=1S/C10H14O5P.C9H16N2O4/c1-8-4-2-3-5-9-6-13-16(12,14-7-11)15-10(8)9;1-10-8(13)3-5-11(7-12)6-4-9(14)15-2/h3-5,11-12H,2,6-7H2,1H3;3,5,7,9,14H,4,6H2,1-2H3,(H,10,13)/q+1;/b;5-3-/t;9-/m.0/s1. The van der Waals surface area contributed by atoms with Gasteiger partial charge in [0.2, 0.25) is 12.3 Å². The molecule has 0 spiro atoms. The molecule has 2 amide bonds. The fourth-order valence-electron chi connectivity index (χ4n) is 2.34. The van der Waals surface area contributed by atoms with Crippen LogP contribution in [0.3, 0.4) is 0 Å². The summed E-state index contributed by atoms with van der Waals surface area (Å²) in [6.45, 7) is 1.77. The number of methoxy groups -OCH3 is 1. The molecule has 1 aliphatic carbocycles. The number of carbonyl (C=O) groups is 2. The van der Waals surface area contributed by atoms with Crippen LogP contribution in [0.5, 0.6) is 0 Å². The number of rotatable bonds is 9. The largest absolute Gasteiger partial charge is 0.621 e. The van der Waals surface area contributed by atoms with E-state index in [2.05, 4.69) is 10.1 Å². The van der Waals surface area contributed by atoms with Crippen molar-refractivity contribution in [3.05, 3.63) is 47.4 Å². The van der Waals surface area contributed by atoms with Crippen molar-refractivity contribution >= 4 is 20.5 Å². The molecule has 1 aliphatic heterocycles. The minimum Gasteiger partial charge on any atom is -0.368 e. The summed E-state index contributed by atoms with van der Waals surface area (Å²) >= 11 is 0. The van der Waals surface area contributed by atoms with E-state index in [1.165, 1.54) is 31.3 Å². The fraction of sp³-hybridized carbons (Fsp3) is 0.474. The number of nitrogens with zero attached hydrogens (tertiary/aromatic N) is 1. The predicted molar refractivity (Wildman–Crippen MR) is 112 cm³/mol. The molecule has 31 heavy (non-hydrogen) atoms. The summed E-state index contributed by atoms with van der Waals surface area (Å²) in [6, 6.07) is 0. The van der Waals surface area contributed by atoms with E-state index >= 15 is 0 Å². The zero-order valence-corrected chi connectivity index (χ0v) is 18.7. The molecule has 4 N–H and O–H groups in total. The molecule has 0 aromatic rings. The number of ether oxygens (including phenoxy) is 1. The lowest BCUT2D eigenvalue weighted by Crippen LogP contribution is -2.23. The Morgan fingerprint density at radius 1 is 1.48 bits per heavy atom. The predicted octanol–water partition coefficient (Wildman–Crippen LogP) is 0.889. The number of carbonyl (C=O) groups excluding carboxylic acids is 2. The summed E-state index contributed by atoms with van der Waals surface area (Å²) in [4.78, 5) is 32.4. The summed E-state index contributed by atoms with van der Waals surface area (Å²) in [6.07, 6.45) is 9.24. The molecule has 1 heterocycles. The summed E-state index contributed by atoms with van der Waals surface area (Å²) in [7, 11) is -0.528. The molecule has 11 nitrogen and oxygen atoms in total. The Hall–Kier alpha value is -2.11. The van der Waals surface area contributed by atoms with E-state index in [1.54, 1.807) is 0 Å². The van der Waals surface area contributed by atoms with Crippen LogP contribution in [-0.4, -0.2) is 72.7 Å². The molecule has 2 atom stereocenters. The van der Waals surface area contributed by atoms with Gasteiger partial charge in [-0.3, -0.25) is 14.1 Å². The van der Waals surface area contributed by atoms with Gasteiger partial charge in [-0.25, -0.2) is 0 Å². The van der Waals surface area contributed by atoms with E-state index in [0.717, 1.165) is 17.6 Å². The molecular formula is C19H30N2O9P+. The number of aliphatic hydroxyl groups excluding tert-OH is 2. The van der Waals surface area contributed by atoms with Gasteiger partial charge in [-0.1, -0.05) is 18.2 Å². The lowest BCUT2D eigenvalue weighted by molar-refractivity contribution is -0.117. The van der Waals surface area contributed by atoms with Gasteiger partial charge in [0.15, 0.2) is 18.8 Å². The molecule has 2 aliphatic rings. The quantitative estimate of drug-likeness (QED) is 0.170. The monoisotopic (exact) mass is 461 g/mol. The van der Waals surface area contributed by atoms with Crippen molar-refractivity contribution in [1.82, 2.24) is 10.2 Å². The second-order valence-electron chi connectivity index (χ2n) is 6.22. The Morgan fingerprint density at radius 2 is 2.23 bits per heavy atom. The number of amides is 2. The molecule has 0 fully saturated rings. The molecule has 0 aromatic heterocycles. The first-order valence-electron chi connectivity index (χ1n) is 9.38. The third-order valence-electron chi connectivity index (χ3n) is 4.05. The fourth-order valence-corrected chi connectivity index (χ4v) is 3.46. The van der Waals surface area contributed by atoms with E-state index < -0.39 is 21.3 Å². The highest BCUT2D eigenvalue weighted by Gasteiger charge is 2.51. The number of hydrogen-bond donors (Lipinski definition) is 4. The van der Waals surface area contributed by atoms with Crippen molar-refractivity contribution in [2.24, 2.45) is 0 Å². The van der Waals surface area contributed by atoms with Gasteiger partial charge in [0, 0.05) is 45.0 Å². The van der Waals surface area contributed by atoms with E-state index in [-0.39, 0.29) is 25.5 Å². The van der Waals surface area contributed by atoms with Gasteiger partial charge in [-0.2, -0.15) is 4.89 Å². The van der Waals surface area contributed by atoms with Crippen molar-refractivity contribution in [2.45, 2.75) is 26.1 Å². The maximum absolute atomic E-state index is 10.8. The molecule has 0 saturated heterocycles. The third-order valence-corrected chi connectivity index (χ3v) is 5.36. The molecule has 0 bridgehead atoms. The van der Waals surface area contributed by atoms with Gasteiger partial charge >= 0.3 is 8.17 Å². The second-order valence-corrected chi connectivity index (χ2v) is 7.86. The maximum Gasteiger partial charge on any atom is 0.621 e. The molecule has 0 aromatic carbocycles. The molecule has 1 unspecified atom stereocenters. The van der Waals surface area contributed by atoms with Gasteiger partial charge < -0.3 is 25.2 Å². The van der Waals surface area contributed by atoms with Gasteiger partial charge in [0.05, 0.1) is 0 Å². The van der Waals surface area contributed by atoms with Gasteiger partial charge in [0.1, 0.15) is 6.61 Å². The number of hydrogen-bond acceptors (Lipinski definition) is 9. The number of aliphatic hydroxyl groups is 2. The van der Waals surface area contributed by atoms with Crippen LogP contribution in [0.4, 0.5) is 0 Å². The topological polar surface area (TPSA) is 147 Å². The number of allylic oxidation sites excluding steroid dienone is 3. The third kappa shape index (κ3) is 9.70. The van der Waals surface area contributed by atoms with Crippen molar-refractivity contribution in [3.8, 4) is 0 Å². The Labute approximate surface area is 181 Å². The van der Waals surface area contributed by atoms with Crippen LogP contribution >= 0.6 is 8.17 Å². The zero-order chi connectivity index (χ0) is 23.3. The van der Waals surface area contributed by atoms with Crippen LogP contribution in [0.1, 0.15) is 19.8 Å². The van der Waals surface area contributed by atoms with E-state index in [1.807, 2.05) is 25.2 Å². The van der Waals surface area contributed by atoms with Crippen LogP contribution in [-0.2, 0) is 27.9 Å². The Morgan fingerprint density at radius 3 is 2.84 bits per heavy atom. The van der Waals surface area contributed by atoms with Crippen molar-refractivity contribution in [2.75, 3.05) is 34.1 Å². The Kier molecular flexibility index (Phi) is 12.2. The van der Waals surface area contributed by atoms with Crippen molar-refractivity contribution < 1.29 is 43.0 Å². The van der Waals surface area contributed by atoms with Crippen molar-refractivity contribution in [1.29, 1.82) is 0 Å². The highest BCUT2D eigenvalue weighted by molar-refractivity contribution is 7.55. The first kappa shape index (κ1) is 26.9. The van der Waals surface area contributed by atoms with E-state index in [9.17, 15) is 14.5 Å². The van der Waals surface area contributed by atoms with Gasteiger partial charge in [0.25, 0.3) is 0 Å². The average molecular weight is 461 g/mol. The molecular weight excluding hydrogens is 431 g/mol. The normalized spacial score (nSPS) is 21.2. The lowest BCUT2D eigenvalue weighted by Gasteiger charge is -2.22. The van der Waals surface area contributed by atoms with Gasteiger partial charge in [-0.15, -0.1) is 9.05 Å². The summed E-state index contributed by atoms with van der Waals surface area (Å²) < 4.78 is 19.7. The van der Waals surface area contributed by atoms with Crippen LogP contribution in [0.25, 0.3) is 0 Å². The SMILES string of the molecule is CC1=CCC=CC2=C1O[P+](O)(OCO)OC2.CNC(=O)/C=C\N(C=O)CC[C@@H](O)OC. The first-order chi connectivity index (χ1) is 14.8. The molecule has 2 rings (SSSR count). The first-order valence-corrected chi connectivity index (χ1v) is 10.9. The van der Waals surface area contributed by atoms with Crippen molar-refractivity contribution in [3.63, 3.8) is 0 Å². The summed E-state index contributed by atoms with van der Waals surface area (Å²) in [5, 5.41) is 20.1. The van der Waals surface area contributed by atoms with E-state index in [0.29, 0.717) is 12.2 Å². The van der Waals surface area contributed by atoms with Crippen LogP contribution in [0, 0.1) is 0 Å². The minimum atomic E-state index is -3.39. The molecule has 0 radical (unpaired) electrons. The minimum absolute atomic E-state index is 0.224. The summed E-state index contributed by atoms with van der Waals surface area (Å²) in [5.41, 5.74) is 1.81. The van der Waals surface area contributed by atoms with Crippen LogP contribution in [0.15, 0.2) is 47.4 Å². The van der Waals surface area contributed by atoms with Crippen LogP contribution < -0.4 is 5.32 Å². The molecule has 174 valence electrons. The van der Waals surface area contributed by atoms with Crippen LogP contribution in [0.2, 0.25) is 0 Å². The smallest absolute Gasteiger partial charge is 0.368 e. The average Bonchev–Trinajstić information content (AvgIpc) is 2.94. The van der Waals surface area contributed by atoms with E-state index in [4.69, 9.17) is 23.8 Å². The lowest BCUT2D eigenvalue weighted by atomic mass is 10.1. The highest BCUT2D eigenvalue weighted by Crippen LogP contribution is 2.62. The Bertz CT molecular complexity index is 723. The second kappa shape index (κ2) is 14.0.